The van der Waals surface area contributed by atoms with Crippen LogP contribution in [-0.4, -0.2) is 48.5 Å². The molecule has 2 N–H and O–H groups in total. The number of aryl methyl sites for hydroxylation is 1. The first-order valence-corrected chi connectivity index (χ1v) is 7.30. The third-order valence-electron chi connectivity index (χ3n) is 3.61. The minimum absolute atomic E-state index is 0.0336. The van der Waals surface area contributed by atoms with Crippen molar-refractivity contribution in [3.05, 3.63) is 23.5 Å². The van der Waals surface area contributed by atoms with E-state index in [1.165, 1.54) is 0 Å². The molecule has 0 aromatic carbocycles. The van der Waals surface area contributed by atoms with E-state index in [0.29, 0.717) is 5.56 Å². The van der Waals surface area contributed by atoms with E-state index in [4.69, 9.17) is 0 Å². The molecule has 1 unspecified atom stereocenters. The minimum Gasteiger partial charge on any atom is -0.385 e. The number of amides is 1. The summed E-state index contributed by atoms with van der Waals surface area (Å²) in [6.45, 7) is 6.77. The number of carbonyl (C=O) groups excluding carboxylic acids is 1. The highest BCUT2D eigenvalue weighted by atomic mass is 16.1. The van der Waals surface area contributed by atoms with Gasteiger partial charge in [0.15, 0.2) is 0 Å². The second-order valence-corrected chi connectivity index (χ2v) is 5.48. The predicted molar refractivity (Wildman–Crippen MR) is 81.1 cm³/mol. The molecule has 0 spiro atoms. The van der Waals surface area contributed by atoms with Gasteiger partial charge in [0.05, 0.1) is 11.3 Å². The van der Waals surface area contributed by atoms with Crippen molar-refractivity contribution < 1.29 is 4.79 Å². The van der Waals surface area contributed by atoms with E-state index in [1.807, 2.05) is 19.9 Å². The van der Waals surface area contributed by atoms with Crippen LogP contribution in [0, 0.1) is 6.92 Å². The first-order chi connectivity index (χ1) is 9.60. The Kier molecular flexibility index (Phi) is 4.95. The molecule has 0 aliphatic carbocycles. The van der Waals surface area contributed by atoms with Crippen molar-refractivity contribution in [2.24, 2.45) is 0 Å². The van der Waals surface area contributed by atoms with Gasteiger partial charge in [0, 0.05) is 31.0 Å². The molecule has 2 heterocycles. The predicted octanol–water partition coefficient (Wildman–Crippen LogP) is 1.65. The van der Waals surface area contributed by atoms with E-state index in [-0.39, 0.29) is 11.9 Å². The number of pyridine rings is 1. The molecule has 1 aliphatic heterocycles. The fourth-order valence-electron chi connectivity index (χ4n) is 2.62. The standard InChI is InChI=1S/C15H24N4O/c1-4-16-14-8-11(2)17-9-13(14)15(20)18-12-6-5-7-19(3)10-12/h8-9,12H,4-7,10H2,1-3H3,(H,16,17)(H,18,20). The van der Waals surface area contributed by atoms with Crippen LogP contribution in [0.4, 0.5) is 5.69 Å². The van der Waals surface area contributed by atoms with E-state index in [1.54, 1.807) is 6.20 Å². The summed E-state index contributed by atoms with van der Waals surface area (Å²) >= 11 is 0. The Bertz CT molecular complexity index is 475. The number of nitrogens with zero attached hydrogens (tertiary/aromatic N) is 2. The molecule has 5 nitrogen and oxygen atoms in total. The van der Waals surface area contributed by atoms with Gasteiger partial charge in [-0.3, -0.25) is 9.78 Å². The summed E-state index contributed by atoms with van der Waals surface area (Å²) in [7, 11) is 2.09. The molecular formula is C15H24N4O. The molecule has 1 atom stereocenters. The number of anilines is 1. The summed E-state index contributed by atoms with van der Waals surface area (Å²) in [6, 6.07) is 2.16. The number of rotatable bonds is 4. The molecular weight excluding hydrogens is 252 g/mol. The Hall–Kier alpha value is -1.62. The lowest BCUT2D eigenvalue weighted by Crippen LogP contribution is -2.46. The van der Waals surface area contributed by atoms with Gasteiger partial charge in [0.25, 0.3) is 5.91 Å². The zero-order valence-electron chi connectivity index (χ0n) is 12.6. The normalized spacial score (nSPS) is 19.6. The van der Waals surface area contributed by atoms with Crippen LogP contribution in [0.3, 0.4) is 0 Å². The molecule has 2 rings (SSSR count). The van der Waals surface area contributed by atoms with Gasteiger partial charge in [-0.05, 0) is 46.3 Å². The number of piperidine rings is 1. The monoisotopic (exact) mass is 276 g/mol. The zero-order valence-corrected chi connectivity index (χ0v) is 12.6. The topological polar surface area (TPSA) is 57.3 Å². The van der Waals surface area contributed by atoms with Gasteiger partial charge in [-0.25, -0.2) is 0 Å². The van der Waals surface area contributed by atoms with E-state index in [2.05, 4.69) is 27.6 Å². The molecule has 1 fully saturated rings. The summed E-state index contributed by atoms with van der Waals surface area (Å²) in [5.74, 6) is -0.0336. The second kappa shape index (κ2) is 6.70. The third kappa shape index (κ3) is 3.70. The van der Waals surface area contributed by atoms with Gasteiger partial charge < -0.3 is 15.5 Å². The zero-order chi connectivity index (χ0) is 14.5. The Morgan fingerprint density at radius 1 is 1.55 bits per heavy atom. The van der Waals surface area contributed by atoms with Crippen LogP contribution >= 0.6 is 0 Å². The summed E-state index contributed by atoms with van der Waals surface area (Å²) in [5, 5.41) is 6.36. The highest BCUT2D eigenvalue weighted by molar-refractivity contribution is 5.99. The Balaban J connectivity index is 2.08. The molecule has 1 aromatic heterocycles. The van der Waals surface area contributed by atoms with Gasteiger partial charge in [-0.1, -0.05) is 0 Å². The smallest absolute Gasteiger partial charge is 0.255 e. The number of hydrogen-bond donors (Lipinski definition) is 2. The molecule has 0 radical (unpaired) electrons. The average molecular weight is 276 g/mol. The molecule has 110 valence electrons. The summed E-state index contributed by atoms with van der Waals surface area (Å²) in [4.78, 5) is 18.9. The largest absolute Gasteiger partial charge is 0.385 e. The molecule has 5 heteroatoms. The van der Waals surface area contributed by atoms with E-state index >= 15 is 0 Å². The number of carbonyl (C=O) groups is 1. The van der Waals surface area contributed by atoms with Crippen molar-refractivity contribution in [2.45, 2.75) is 32.7 Å². The fourth-order valence-corrected chi connectivity index (χ4v) is 2.62. The Morgan fingerprint density at radius 3 is 3.05 bits per heavy atom. The molecule has 0 bridgehead atoms. The highest BCUT2D eigenvalue weighted by Gasteiger charge is 2.21. The quantitative estimate of drug-likeness (QED) is 0.878. The maximum atomic E-state index is 12.4. The van der Waals surface area contributed by atoms with Crippen LogP contribution in [0.5, 0.6) is 0 Å². The first kappa shape index (κ1) is 14.8. The second-order valence-electron chi connectivity index (χ2n) is 5.48. The van der Waals surface area contributed by atoms with E-state index < -0.39 is 0 Å². The van der Waals surface area contributed by atoms with E-state index in [9.17, 15) is 4.79 Å². The molecule has 1 aromatic rings. The van der Waals surface area contributed by atoms with Gasteiger partial charge in [0.2, 0.25) is 0 Å². The highest BCUT2D eigenvalue weighted by Crippen LogP contribution is 2.16. The maximum absolute atomic E-state index is 12.4. The lowest BCUT2D eigenvalue weighted by molar-refractivity contribution is 0.0913. The SMILES string of the molecule is CCNc1cc(C)ncc1C(=O)NC1CCCN(C)C1. The first-order valence-electron chi connectivity index (χ1n) is 7.30. The van der Waals surface area contributed by atoms with Crippen molar-refractivity contribution in [3.8, 4) is 0 Å². The number of hydrogen-bond acceptors (Lipinski definition) is 4. The molecule has 20 heavy (non-hydrogen) atoms. The van der Waals surface area contributed by atoms with Gasteiger partial charge in [-0.2, -0.15) is 0 Å². The van der Waals surface area contributed by atoms with E-state index in [0.717, 1.165) is 43.9 Å². The van der Waals surface area contributed by atoms with Crippen molar-refractivity contribution >= 4 is 11.6 Å². The van der Waals surface area contributed by atoms with Crippen molar-refractivity contribution in [2.75, 3.05) is 32.0 Å². The van der Waals surface area contributed by atoms with Crippen molar-refractivity contribution in [1.82, 2.24) is 15.2 Å². The summed E-state index contributed by atoms with van der Waals surface area (Å²) in [6.07, 6.45) is 3.84. The molecule has 0 saturated carbocycles. The van der Waals surface area contributed by atoms with Gasteiger partial charge in [0.1, 0.15) is 0 Å². The van der Waals surface area contributed by atoms with Crippen LogP contribution in [0.15, 0.2) is 12.3 Å². The number of nitrogens with one attached hydrogen (secondary N) is 2. The fraction of sp³-hybridized carbons (Fsp3) is 0.600. The van der Waals surface area contributed by atoms with Crippen molar-refractivity contribution in [3.63, 3.8) is 0 Å². The van der Waals surface area contributed by atoms with Crippen LogP contribution in [-0.2, 0) is 0 Å². The minimum atomic E-state index is -0.0336. The Morgan fingerprint density at radius 2 is 2.35 bits per heavy atom. The Labute approximate surface area is 120 Å². The molecule has 1 amide bonds. The summed E-state index contributed by atoms with van der Waals surface area (Å²) < 4.78 is 0. The number of aromatic nitrogens is 1. The van der Waals surface area contributed by atoms with Crippen LogP contribution < -0.4 is 10.6 Å². The molecule has 1 saturated heterocycles. The lowest BCUT2D eigenvalue weighted by Gasteiger charge is -2.30. The van der Waals surface area contributed by atoms with Crippen LogP contribution in [0.1, 0.15) is 35.8 Å². The number of likely N-dealkylation sites (tertiary alicyclic amines) is 1. The van der Waals surface area contributed by atoms with Crippen LogP contribution in [0.25, 0.3) is 0 Å². The van der Waals surface area contributed by atoms with Crippen LogP contribution in [0.2, 0.25) is 0 Å². The summed E-state index contributed by atoms with van der Waals surface area (Å²) in [5.41, 5.74) is 2.40. The molecule has 1 aliphatic rings. The number of likely N-dealkylation sites (N-methyl/N-ethyl adjacent to an activating group) is 1. The lowest BCUT2D eigenvalue weighted by atomic mass is 10.1. The average Bonchev–Trinajstić information content (AvgIpc) is 2.39. The maximum Gasteiger partial charge on any atom is 0.255 e. The van der Waals surface area contributed by atoms with Gasteiger partial charge in [-0.15, -0.1) is 0 Å². The third-order valence-corrected chi connectivity index (χ3v) is 3.61. The van der Waals surface area contributed by atoms with Crippen molar-refractivity contribution in [1.29, 1.82) is 0 Å². The van der Waals surface area contributed by atoms with Gasteiger partial charge >= 0.3 is 0 Å².